The molecule has 0 amide bonds. The summed E-state index contributed by atoms with van der Waals surface area (Å²) in [5.41, 5.74) is 0.582. The molecule has 2 heterocycles. The van der Waals surface area contributed by atoms with Crippen LogP contribution in [-0.2, 0) is 22.6 Å². The predicted molar refractivity (Wildman–Crippen MR) is 77.2 cm³/mol. The Morgan fingerprint density at radius 3 is 2.76 bits per heavy atom. The number of hydrogen-bond donors (Lipinski definition) is 0. The van der Waals surface area contributed by atoms with Gasteiger partial charge in [0.15, 0.2) is 0 Å². The van der Waals surface area contributed by atoms with E-state index in [1.165, 1.54) is 24.4 Å². The first-order valence-electron chi connectivity index (χ1n) is 6.05. The monoisotopic (exact) mass is 327 g/mol. The molecule has 21 heavy (non-hydrogen) atoms. The maximum absolute atomic E-state index is 13.4. The van der Waals surface area contributed by atoms with Gasteiger partial charge < -0.3 is 9.13 Å². The van der Waals surface area contributed by atoms with Crippen molar-refractivity contribution in [3.05, 3.63) is 48.4 Å². The van der Waals surface area contributed by atoms with Crippen molar-refractivity contribution in [3.63, 3.8) is 0 Å². The molecule has 0 N–H and O–H groups in total. The second-order valence-corrected chi connectivity index (χ2v) is 7.21. The maximum Gasteiger partial charge on any atom is 0.263 e. The van der Waals surface area contributed by atoms with Crippen molar-refractivity contribution in [1.29, 1.82) is 0 Å². The number of benzene rings is 1. The van der Waals surface area contributed by atoms with E-state index in [1.807, 2.05) is 11.6 Å². The standard InChI is InChI=1S/C13H11ClFN3O2S/c1-17-5-4-16-13(17)8-18-7-12(21(14,19)20)10-6-9(15)2-3-11(10)18/h2-7H,8H2,1H3. The molecule has 0 bridgehead atoms. The molecule has 0 fully saturated rings. The summed E-state index contributed by atoms with van der Waals surface area (Å²) in [6.07, 6.45) is 4.85. The van der Waals surface area contributed by atoms with E-state index in [9.17, 15) is 12.8 Å². The minimum absolute atomic E-state index is 0.104. The summed E-state index contributed by atoms with van der Waals surface area (Å²) in [6, 6.07) is 3.97. The molecular weight excluding hydrogens is 317 g/mol. The summed E-state index contributed by atoms with van der Waals surface area (Å²) < 4.78 is 40.2. The third-order valence-corrected chi connectivity index (χ3v) is 4.65. The molecule has 2 aromatic heterocycles. The lowest BCUT2D eigenvalue weighted by Gasteiger charge is -2.05. The van der Waals surface area contributed by atoms with Crippen LogP contribution in [0.1, 0.15) is 5.82 Å². The van der Waals surface area contributed by atoms with Gasteiger partial charge in [0.25, 0.3) is 9.05 Å². The lowest BCUT2D eigenvalue weighted by atomic mass is 10.2. The molecular formula is C13H11ClFN3O2S. The Bertz CT molecular complexity index is 930. The molecule has 0 atom stereocenters. The highest BCUT2D eigenvalue weighted by Gasteiger charge is 2.19. The lowest BCUT2D eigenvalue weighted by Crippen LogP contribution is -2.04. The van der Waals surface area contributed by atoms with E-state index < -0.39 is 14.9 Å². The SMILES string of the molecule is Cn1ccnc1Cn1cc(S(=O)(=O)Cl)c2cc(F)ccc21. The highest BCUT2D eigenvalue weighted by molar-refractivity contribution is 8.14. The molecule has 1 aromatic carbocycles. The van der Waals surface area contributed by atoms with Crippen molar-refractivity contribution < 1.29 is 12.8 Å². The highest BCUT2D eigenvalue weighted by Crippen LogP contribution is 2.29. The molecule has 0 aliphatic carbocycles. The minimum atomic E-state index is -3.96. The van der Waals surface area contributed by atoms with Gasteiger partial charge in [-0.1, -0.05) is 0 Å². The summed E-state index contributed by atoms with van der Waals surface area (Å²) in [5, 5.41) is 0.263. The molecule has 8 heteroatoms. The van der Waals surface area contributed by atoms with Crippen LogP contribution < -0.4 is 0 Å². The Kier molecular flexibility index (Phi) is 3.26. The first-order valence-corrected chi connectivity index (χ1v) is 8.36. The van der Waals surface area contributed by atoms with Crippen molar-refractivity contribution in [2.45, 2.75) is 11.4 Å². The van der Waals surface area contributed by atoms with Gasteiger partial charge in [-0.3, -0.25) is 0 Å². The number of nitrogens with zero attached hydrogens (tertiary/aromatic N) is 3. The molecule has 0 saturated carbocycles. The van der Waals surface area contributed by atoms with Crippen molar-refractivity contribution in [2.24, 2.45) is 7.05 Å². The van der Waals surface area contributed by atoms with Crippen LogP contribution in [0.25, 0.3) is 10.9 Å². The third kappa shape index (κ3) is 2.54. The fourth-order valence-electron chi connectivity index (χ4n) is 2.26. The van der Waals surface area contributed by atoms with Gasteiger partial charge in [-0.05, 0) is 18.2 Å². The van der Waals surface area contributed by atoms with Crippen LogP contribution in [0.2, 0.25) is 0 Å². The average Bonchev–Trinajstić information content (AvgIpc) is 2.94. The van der Waals surface area contributed by atoms with Crippen LogP contribution in [0.3, 0.4) is 0 Å². The van der Waals surface area contributed by atoms with Crippen molar-refractivity contribution >= 4 is 30.6 Å². The van der Waals surface area contributed by atoms with Crippen LogP contribution >= 0.6 is 10.7 Å². The predicted octanol–water partition coefficient (Wildman–Crippen LogP) is 2.49. The summed E-state index contributed by atoms with van der Waals surface area (Å²) in [5.74, 6) is 0.230. The van der Waals surface area contributed by atoms with Crippen LogP contribution in [0.5, 0.6) is 0 Å². The van der Waals surface area contributed by atoms with Crippen LogP contribution in [0.4, 0.5) is 4.39 Å². The van der Waals surface area contributed by atoms with E-state index >= 15 is 0 Å². The molecule has 0 radical (unpaired) electrons. The van der Waals surface area contributed by atoms with Gasteiger partial charge in [-0.25, -0.2) is 17.8 Å². The Labute approximate surface area is 125 Å². The highest BCUT2D eigenvalue weighted by atomic mass is 35.7. The van der Waals surface area contributed by atoms with E-state index in [-0.39, 0.29) is 10.3 Å². The van der Waals surface area contributed by atoms with E-state index in [0.29, 0.717) is 12.1 Å². The summed E-state index contributed by atoms with van der Waals surface area (Å²) in [6.45, 7) is 0.359. The molecule has 0 aliphatic rings. The fourth-order valence-corrected chi connectivity index (χ4v) is 3.31. The number of fused-ring (bicyclic) bond motifs is 1. The molecule has 110 valence electrons. The van der Waals surface area contributed by atoms with Crippen LogP contribution in [0, 0.1) is 5.82 Å². The number of aryl methyl sites for hydroxylation is 1. The van der Waals surface area contributed by atoms with Gasteiger partial charge in [0.1, 0.15) is 16.5 Å². The Morgan fingerprint density at radius 1 is 1.38 bits per heavy atom. The Hall–Kier alpha value is -1.86. The summed E-state index contributed by atoms with van der Waals surface area (Å²) in [4.78, 5) is 4.09. The zero-order valence-electron chi connectivity index (χ0n) is 11.0. The lowest BCUT2D eigenvalue weighted by molar-refractivity contribution is 0.609. The zero-order chi connectivity index (χ0) is 15.2. The Balaban J connectivity index is 2.22. The molecule has 5 nitrogen and oxygen atoms in total. The zero-order valence-corrected chi connectivity index (χ0v) is 12.6. The van der Waals surface area contributed by atoms with E-state index in [1.54, 1.807) is 17.0 Å². The second-order valence-electron chi connectivity index (χ2n) is 4.67. The molecule has 0 saturated heterocycles. The van der Waals surface area contributed by atoms with Crippen LogP contribution in [0.15, 0.2) is 41.7 Å². The number of hydrogen-bond acceptors (Lipinski definition) is 3. The summed E-state index contributed by atoms with van der Waals surface area (Å²) in [7, 11) is 3.32. The van der Waals surface area contributed by atoms with Crippen molar-refractivity contribution in [1.82, 2.24) is 14.1 Å². The van der Waals surface area contributed by atoms with Gasteiger partial charge >= 0.3 is 0 Å². The molecule has 0 aliphatic heterocycles. The number of aromatic nitrogens is 3. The average molecular weight is 328 g/mol. The molecule has 3 rings (SSSR count). The second kappa shape index (κ2) is 4.85. The first kappa shape index (κ1) is 14.1. The van der Waals surface area contributed by atoms with Gasteiger partial charge in [-0.15, -0.1) is 0 Å². The topological polar surface area (TPSA) is 56.9 Å². The van der Waals surface area contributed by atoms with Crippen LogP contribution in [-0.4, -0.2) is 22.5 Å². The molecule has 3 aromatic rings. The quantitative estimate of drug-likeness (QED) is 0.694. The number of rotatable bonds is 3. The van der Waals surface area contributed by atoms with Crippen molar-refractivity contribution in [2.75, 3.05) is 0 Å². The normalized spacial score (nSPS) is 12.1. The van der Waals surface area contributed by atoms with Crippen molar-refractivity contribution in [3.8, 4) is 0 Å². The molecule has 0 spiro atoms. The maximum atomic E-state index is 13.4. The van der Waals surface area contributed by atoms with Gasteiger partial charge in [-0.2, -0.15) is 0 Å². The molecule has 0 unspecified atom stereocenters. The fraction of sp³-hybridized carbons (Fsp3) is 0.154. The summed E-state index contributed by atoms with van der Waals surface area (Å²) >= 11 is 0. The van der Waals surface area contributed by atoms with E-state index in [2.05, 4.69) is 4.98 Å². The Morgan fingerprint density at radius 2 is 2.14 bits per heavy atom. The largest absolute Gasteiger partial charge is 0.338 e. The number of imidazole rings is 1. The van der Waals surface area contributed by atoms with Gasteiger partial charge in [0, 0.05) is 41.7 Å². The van der Waals surface area contributed by atoms with Gasteiger partial charge in [0.2, 0.25) is 0 Å². The van der Waals surface area contributed by atoms with Gasteiger partial charge in [0.05, 0.1) is 12.1 Å². The minimum Gasteiger partial charge on any atom is -0.338 e. The first-order chi connectivity index (χ1) is 9.86. The number of halogens is 2. The smallest absolute Gasteiger partial charge is 0.263 e. The van der Waals surface area contributed by atoms with E-state index in [4.69, 9.17) is 10.7 Å². The van der Waals surface area contributed by atoms with E-state index in [0.717, 1.165) is 5.82 Å². The third-order valence-electron chi connectivity index (χ3n) is 3.30.